The van der Waals surface area contributed by atoms with Crippen molar-refractivity contribution in [1.82, 2.24) is 9.62 Å². The highest BCUT2D eigenvalue weighted by Gasteiger charge is 2.27. The number of amides is 1. The number of fused-ring (bicyclic) bond motifs is 1. The maximum Gasteiger partial charge on any atom is 0.225 e. The Labute approximate surface area is 132 Å². The van der Waals surface area contributed by atoms with Crippen LogP contribution in [0.25, 0.3) is 0 Å². The molecule has 0 saturated carbocycles. The van der Waals surface area contributed by atoms with Gasteiger partial charge in [0, 0.05) is 25.0 Å². The zero-order valence-electron chi connectivity index (χ0n) is 13.4. The molecule has 0 atom stereocenters. The molecule has 1 aliphatic heterocycles. The van der Waals surface area contributed by atoms with Gasteiger partial charge in [-0.1, -0.05) is 45.0 Å². The summed E-state index contributed by atoms with van der Waals surface area (Å²) >= 11 is 0. The second-order valence-corrected chi connectivity index (χ2v) is 8.76. The van der Waals surface area contributed by atoms with Gasteiger partial charge in [0.2, 0.25) is 15.9 Å². The number of carbonyl (C=O) groups is 1. The van der Waals surface area contributed by atoms with Gasteiger partial charge in [-0.2, -0.15) is 4.31 Å². The molecule has 0 bridgehead atoms. The standard InChI is InChI=1S/C16H24N2O3S/c1-16(2,3)15(19)17-9-11-22(20,21)18-10-8-13-6-4-5-7-14(13)12-18/h4-7H,8-12H2,1-3H3,(H,17,19). The van der Waals surface area contributed by atoms with Crippen LogP contribution < -0.4 is 5.32 Å². The molecule has 2 rings (SSSR count). The summed E-state index contributed by atoms with van der Waals surface area (Å²) < 4.78 is 26.3. The van der Waals surface area contributed by atoms with Crippen LogP contribution in [0.15, 0.2) is 24.3 Å². The number of benzene rings is 1. The molecule has 1 aromatic rings. The molecule has 1 aromatic carbocycles. The summed E-state index contributed by atoms with van der Waals surface area (Å²) in [4.78, 5) is 11.8. The van der Waals surface area contributed by atoms with E-state index in [1.54, 1.807) is 20.8 Å². The molecule has 122 valence electrons. The predicted octanol–water partition coefficient (Wildman–Crippen LogP) is 1.54. The summed E-state index contributed by atoms with van der Waals surface area (Å²) in [6.07, 6.45) is 0.740. The van der Waals surface area contributed by atoms with Gasteiger partial charge in [-0.3, -0.25) is 4.79 Å². The predicted molar refractivity (Wildman–Crippen MR) is 86.8 cm³/mol. The Bertz CT molecular complexity index is 648. The second kappa shape index (κ2) is 6.38. The normalized spacial score (nSPS) is 16.1. The minimum absolute atomic E-state index is 0.0585. The SMILES string of the molecule is CC(C)(C)C(=O)NCCS(=O)(=O)N1CCc2ccccc2C1. The summed E-state index contributed by atoms with van der Waals surface area (Å²) in [5.74, 6) is -0.191. The summed E-state index contributed by atoms with van der Waals surface area (Å²) in [6, 6.07) is 7.92. The van der Waals surface area contributed by atoms with E-state index in [-0.39, 0.29) is 18.2 Å². The Hall–Kier alpha value is -1.40. The highest BCUT2D eigenvalue weighted by Crippen LogP contribution is 2.21. The van der Waals surface area contributed by atoms with Crippen molar-refractivity contribution in [3.63, 3.8) is 0 Å². The van der Waals surface area contributed by atoms with Gasteiger partial charge in [-0.15, -0.1) is 0 Å². The topological polar surface area (TPSA) is 66.5 Å². The zero-order chi connectivity index (χ0) is 16.4. The first kappa shape index (κ1) is 17.0. The Morgan fingerprint density at radius 3 is 2.50 bits per heavy atom. The van der Waals surface area contributed by atoms with Crippen molar-refractivity contribution in [2.45, 2.75) is 33.7 Å². The molecule has 6 heteroatoms. The lowest BCUT2D eigenvalue weighted by Crippen LogP contribution is -2.42. The monoisotopic (exact) mass is 324 g/mol. The van der Waals surface area contributed by atoms with Crippen LogP contribution >= 0.6 is 0 Å². The van der Waals surface area contributed by atoms with Gasteiger partial charge < -0.3 is 5.32 Å². The van der Waals surface area contributed by atoms with Gasteiger partial charge in [0.15, 0.2) is 0 Å². The van der Waals surface area contributed by atoms with E-state index in [1.807, 2.05) is 24.3 Å². The molecule has 1 N–H and O–H groups in total. The lowest BCUT2D eigenvalue weighted by Gasteiger charge is -2.28. The molecule has 0 radical (unpaired) electrons. The van der Waals surface area contributed by atoms with Crippen molar-refractivity contribution >= 4 is 15.9 Å². The van der Waals surface area contributed by atoms with Crippen LogP contribution in [0, 0.1) is 5.41 Å². The largest absolute Gasteiger partial charge is 0.355 e. The molecule has 22 heavy (non-hydrogen) atoms. The molecule has 0 fully saturated rings. The van der Waals surface area contributed by atoms with Crippen LogP contribution in [0.1, 0.15) is 31.9 Å². The molecule has 1 aliphatic rings. The van der Waals surface area contributed by atoms with Crippen molar-refractivity contribution in [1.29, 1.82) is 0 Å². The average molecular weight is 324 g/mol. The molecule has 5 nitrogen and oxygen atoms in total. The fourth-order valence-electron chi connectivity index (χ4n) is 2.40. The van der Waals surface area contributed by atoms with Crippen LogP contribution in [0.5, 0.6) is 0 Å². The minimum atomic E-state index is -3.35. The van der Waals surface area contributed by atoms with E-state index in [9.17, 15) is 13.2 Å². The quantitative estimate of drug-likeness (QED) is 0.913. The third-order valence-corrected chi connectivity index (χ3v) is 5.63. The first-order valence-corrected chi connectivity index (χ1v) is 9.14. The third-order valence-electron chi connectivity index (χ3n) is 3.82. The first-order chi connectivity index (χ1) is 10.2. The number of sulfonamides is 1. The smallest absolute Gasteiger partial charge is 0.225 e. The first-order valence-electron chi connectivity index (χ1n) is 7.53. The number of nitrogens with zero attached hydrogens (tertiary/aromatic N) is 1. The van der Waals surface area contributed by atoms with E-state index >= 15 is 0 Å². The van der Waals surface area contributed by atoms with Gasteiger partial charge in [0.05, 0.1) is 5.75 Å². The highest BCUT2D eigenvalue weighted by atomic mass is 32.2. The highest BCUT2D eigenvalue weighted by molar-refractivity contribution is 7.89. The minimum Gasteiger partial charge on any atom is -0.355 e. The van der Waals surface area contributed by atoms with E-state index in [4.69, 9.17) is 0 Å². The van der Waals surface area contributed by atoms with Crippen molar-refractivity contribution in [2.24, 2.45) is 5.41 Å². The molecule has 0 saturated heterocycles. The molecule has 0 spiro atoms. The van der Waals surface area contributed by atoms with E-state index in [2.05, 4.69) is 5.32 Å². The molecule has 0 aromatic heterocycles. The van der Waals surface area contributed by atoms with Crippen molar-refractivity contribution in [3.05, 3.63) is 35.4 Å². The Balaban J connectivity index is 1.93. The Morgan fingerprint density at radius 1 is 1.23 bits per heavy atom. The van der Waals surface area contributed by atoms with E-state index < -0.39 is 15.4 Å². The van der Waals surface area contributed by atoms with Crippen LogP contribution in [-0.4, -0.2) is 37.5 Å². The number of rotatable bonds is 4. The summed E-state index contributed by atoms with van der Waals surface area (Å²) in [5.41, 5.74) is 1.78. The summed E-state index contributed by atoms with van der Waals surface area (Å²) in [5, 5.41) is 2.69. The van der Waals surface area contributed by atoms with Crippen LogP contribution in [-0.2, 0) is 27.8 Å². The number of nitrogens with one attached hydrogen (secondary N) is 1. The molecule has 1 heterocycles. The summed E-state index contributed by atoms with van der Waals surface area (Å²) in [6.45, 7) is 6.49. The van der Waals surface area contributed by atoms with Gasteiger partial charge in [0.25, 0.3) is 0 Å². The Kier molecular flexibility index (Phi) is 4.92. The number of hydrogen-bond acceptors (Lipinski definition) is 3. The van der Waals surface area contributed by atoms with Crippen molar-refractivity contribution < 1.29 is 13.2 Å². The Morgan fingerprint density at radius 2 is 1.86 bits per heavy atom. The van der Waals surface area contributed by atoms with Crippen molar-refractivity contribution in [2.75, 3.05) is 18.8 Å². The lowest BCUT2D eigenvalue weighted by molar-refractivity contribution is -0.128. The molecule has 0 aliphatic carbocycles. The molecular weight excluding hydrogens is 300 g/mol. The molecule has 1 amide bonds. The van der Waals surface area contributed by atoms with Crippen molar-refractivity contribution in [3.8, 4) is 0 Å². The van der Waals surface area contributed by atoms with Gasteiger partial charge >= 0.3 is 0 Å². The fraction of sp³-hybridized carbons (Fsp3) is 0.562. The molecule has 0 unspecified atom stereocenters. The fourth-order valence-corrected chi connectivity index (χ4v) is 3.72. The van der Waals surface area contributed by atoms with Crippen LogP contribution in [0.2, 0.25) is 0 Å². The third kappa shape index (κ3) is 4.08. The van der Waals surface area contributed by atoms with E-state index in [1.165, 1.54) is 9.87 Å². The maximum absolute atomic E-state index is 12.4. The van der Waals surface area contributed by atoms with E-state index in [0.29, 0.717) is 13.1 Å². The lowest BCUT2D eigenvalue weighted by atomic mass is 9.96. The zero-order valence-corrected chi connectivity index (χ0v) is 14.2. The van der Waals surface area contributed by atoms with E-state index in [0.717, 1.165) is 12.0 Å². The maximum atomic E-state index is 12.4. The average Bonchev–Trinajstić information content (AvgIpc) is 2.45. The summed E-state index contributed by atoms with van der Waals surface area (Å²) in [7, 11) is -3.35. The second-order valence-electron chi connectivity index (χ2n) is 6.67. The van der Waals surface area contributed by atoms with Gasteiger partial charge in [0.1, 0.15) is 0 Å². The number of carbonyl (C=O) groups excluding carboxylic acids is 1. The van der Waals surface area contributed by atoms with Gasteiger partial charge in [-0.05, 0) is 17.5 Å². The molecular formula is C16H24N2O3S. The van der Waals surface area contributed by atoms with Gasteiger partial charge in [-0.25, -0.2) is 8.42 Å². The number of hydrogen-bond donors (Lipinski definition) is 1. The van der Waals surface area contributed by atoms with Crippen LogP contribution in [0.3, 0.4) is 0 Å². The van der Waals surface area contributed by atoms with Crippen LogP contribution in [0.4, 0.5) is 0 Å².